The molecule has 152 valence electrons. The Bertz CT molecular complexity index is 1030. The van der Waals surface area contributed by atoms with Crippen molar-refractivity contribution in [2.45, 2.75) is 26.7 Å². The van der Waals surface area contributed by atoms with Crippen LogP contribution in [-0.2, 0) is 7.05 Å². The molecule has 0 aromatic carbocycles. The molecule has 1 fully saturated rings. The molecule has 7 heteroatoms. The van der Waals surface area contributed by atoms with Crippen molar-refractivity contribution in [3.8, 4) is 0 Å². The van der Waals surface area contributed by atoms with E-state index in [1.54, 1.807) is 17.1 Å². The zero-order valence-electron chi connectivity index (χ0n) is 17.6. The molecule has 0 N–H and O–H groups in total. The van der Waals surface area contributed by atoms with Gasteiger partial charge in [0.25, 0.3) is 5.91 Å². The lowest BCUT2D eigenvalue weighted by atomic mass is 9.96. The second-order valence-electron chi connectivity index (χ2n) is 8.14. The van der Waals surface area contributed by atoms with Crippen molar-refractivity contribution in [2.24, 2.45) is 13.0 Å². The lowest BCUT2D eigenvalue weighted by molar-refractivity contribution is 0.0765. The van der Waals surface area contributed by atoms with Crippen LogP contribution < -0.4 is 4.90 Å². The predicted octanol–water partition coefficient (Wildman–Crippen LogP) is 2.97. The highest BCUT2D eigenvalue weighted by molar-refractivity contribution is 5.93. The second-order valence-corrected chi connectivity index (χ2v) is 8.14. The second kappa shape index (κ2) is 7.81. The van der Waals surface area contributed by atoms with Crippen molar-refractivity contribution in [3.63, 3.8) is 0 Å². The number of anilines is 1. The van der Waals surface area contributed by atoms with Gasteiger partial charge in [-0.2, -0.15) is 5.10 Å². The van der Waals surface area contributed by atoms with E-state index in [1.165, 1.54) is 5.56 Å². The Labute approximate surface area is 171 Å². The molecule has 4 heterocycles. The maximum Gasteiger partial charge on any atom is 0.256 e. The molecule has 1 aliphatic rings. The number of hydrogen-bond donors (Lipinski definition) is 0. The largest absolute Gasteiger partial charge is 0.357 e. The summed E-state index contributed by atoms with van der Waals surface area (Å²) in [4.78, 5) is 26.1. The third kappa shape index (κ3) is 4.09. The highest BCUT2D eigenvalue weighted by Gasteiger charge is 2.24. The number of aryl methyl sites for hydroxylation is 3. The first-order valence-electron chi connectivity index (χ1n) is 10.1. The van der Waals surface area contributed by atoms with Gasteiger partial charge in [-0.1, -0.05) is 0 Å². The molecule has 0 aliphatic carbocycles. The van der Waals surface area contributed by atoms with E-state index in [0.717, 1.165) is 55.0 Å². The van der Waals surface area contributed by atoms with Gasteiger partial charge < -0.3 is 9.80 Å². The van der Waals surface area contributed by atoms with Crippen LogP contribution in [0.1, 0.15) is 34.5 Å². The Morgan fingerprint density at radius 3 is 2.66 bits per heavy atom. The van der Waals surface area contributed by atoms with Gasteiger partial charge in [-0.15, -0.1) is 0 Å². The third-order valence-electron chi connectivity index (χ3n) is 5.76. The van der Waals surface area contributed by atoms with Crippen molar-refractivity contribution >= 4 is 22.8 Å². The van der Waals surface area contributed by atoms with Gasteiger partial charge >= 0.3 is 0 Å². The molecule has 4 rings (SSSR count). The topological polar surface area (TPSA) is 67.2 Å². The quantitative estimate of drug-likeness (QED) is 0.683. The highest BCUT2D eigenvalue weighted by Crippen LogP contribution is 2.25. The zero-order chi connectivity index (χ0) is 20.5. The molecule has 0 bridgehead atoms. The van der Waals surface area contributed by atoms with Crippen LogP contribution in [0.2, 0.25) is 0 Å². The molecular formula is C22H28N6O. The molecular weight excluding hydrogens is 364 g/mol. The first kappa shape index (κ1) is 19.4. The van der Waals surface area contributed by atoms with Gasteiger partial charge in [0.15, 0.2) is 5.65 Å². The SMILES string of the molecule is Cc1cc(C)c2ccc(N3CCC(CN(C)C(=O)c4cnn(C)c4)CC3)nc2n1. The van der Waals surface area contributed by atoms with Gasteiger partial charge in [0.1, 0.15) is 5.82 Å². The number of pyridine rings is 2. The smallest absolute Gasteiger partial charge is 0.256 e. The number of amides is 1. The van der Waals surface area contributed by atoms with Gasteiger partial charge in [0, 0.05) is 51.0 Å². The lowest BCUT2D eigenvalue weighted by Crippen LogP contribution is -2.39. The van der Waals surface area contributed by atoms with E-state index in [0.29, 0.717) is 11.5 Å². The zero-order valence-corrected chi connectivity index (χ0v) is 17.6. The van der Waals surface area contributed by atoms with Crippen LogP contribution in [0, 0.1) is 19.8 Å². The van der Waals surface area contributed by atoms with Gasteiger partial charge in [-0.25, -0.2) is 9.97 Å². The summed E-state index contributed by atoms with van der Waals surface area (Å²) in [6.45, 7) is 6.78. The van der Waals surface area contributed by atoms with Crippen molar-refractivity contribution in [1.29, 1.82) is 0 Å². The summed E-state index contributed by atoms with van der Waals surface area (Å²) in [5, 5.41) is 5.21. The van der Waals surface area contributed by atoms with E-state index in [1.807, 2.05) is 25.9 Å². The maximum atomic E-state index is 12.5. The Hall–Kier alpha value is -2.96. The fourth-order valence-electron chi connectivity index (χ4n) is 4.16. The van der Waals surface area contributed by atoms with E-state index >= 15 is 0 Å². The normalized spacial score (nSPS) is 15.1. The van der Waals surface area contributed by atoms with Gasteiger partial charge in [-0.05, 0) is 56.4 Å². The Morgan fingerprint density at radius 1 is 1.21 bits per heavy atom. The fourth-order valence-corrected chi connectivity index (χ4v) is 4.16. The van der Waals surface area contributed by atoms with Gasteiger partial charge in [-0.3, -0.25) is 9.48 Å². The minimum atomic E-state index is 0.0357. The van der Waals surface area contributed by atoms with Gasteiger partial charge in [0.2, 0.25) is 0 Å². The number of fused-ring (bicyclic) bond motifs is 1. The van der Waals surface area contributed by atoms with Crippen LogP contribution in [0.15, 0.2) is 30.6 Å². The summed E-state index contributed by atoms with van der Waals surface area (Å²) >= 11 is 0. The Balaban J connectivity index is 1.38. The minimum Gasteiger partial charge on any atom is -0.357 e. The van der Waals surface area contributed by atoms with Crippen molar-refractivity contribution in [1.82, 2.24) is 24.6 Å². The van der Waals surface area contributed by atoms with E-state index in [4.69, 9.17) is 4.98 Å². The fraction of sp³-hybridized carbons (Fsp3) is 0.455. The van der Waals surface area contributed by atoms with Crippen molar-refractivity contribution < 1.29 is 4.79 Å². The number of piperidine rings is 1. The van der Waals surface area contributed by atoms with Crippen LogP contribution in [-0.4, -0.2) is 57.2 Å². The number of carbonyl (C=O) groups is 1. The van der Waals surface area contributed by atoms with E-state index in [2.05, 4.69) is 40.1 Å². The molecule has 1 aliphatic heterocycles. The number of nitrogens with zero attached hydrogens (tertiary/aromatic N) is 6. The van der Waals surface area contributed by atoms with Gasteiger partial charge in [0.05, 0.1) is 11.8 Å². The molecule has 0 spiro atoms. The average molecular weight is 393 g/mol. The van der Waals surface area contributed by atoms with E-state index in [9.17, 15) is 4.79 Å². The first-order valence-corrected chi connectivity index (χ1v) is 10.1. The van der Waals surface area contributed by atoms with Crippen LogP contribution in [0.4, 0.5) is 5.82 Å². The molecule has 0 unspecified atom stereocenters. The molecule has 3 aromatic heterocycles. The molecule has 1 saturated heterocycles. The van der Waals surface area contributed by atoms with E-state index < -0.39 is 0 Å². The number of rotatable bonds is 4. The number of hydrogen-bond acceptors (Lipinski definition) is 5. The van der Waals surface area contributed by atoms with Crippen LogP contribution in [0.25, 0.3) is 11.0 Å². The number of carbonyl (C=O) groups excluding carboxylic acids is 1. The summed E-state index contributed by atoms with van der Waals surface area (Å²) in [5.41, 5.74) is 3.68. The Kier molecular flexibility index (Phi) is 5.22. The summed E-state index contributed by atoms with van der Waals surface area (Å²) in [6, 6.07) is 6.33. The summed E-state index contributed by atoms with van der Waals surface area (Å²) in [6.07, 6.45) is 5.49. The summed E-state index contributed by atoms with van der Waals surface area (Å²) in [7, 11) is 3.70. The van der Waals surface area contributed by atoms with Crippen molar-refractivity contribution in [2.75, 3.05) is 31.6 Å². The molecule has 0 atom stereocenters. The molecule has 29 heavy (non-hydrogen) atoms. The standard InChI is InChI=1S/C22H28N6O/c1-15-11-16(2)24-21-19(15)5-6-20(25-21)28-9-7-17(8-10-28)13-26(3)22(29)18-12-23-27(4)14-18/h5-6,11-12,14,17H,7-10,13H2,1-4H3. The molecule has 0 saturated carbocycles. The lowest BCUT2D eigenvalue weighted by Gasteiger charge is -2.34. The number of aromatic nitrogens is 4. The van der Waals surface area contributed by atoms with Crippen LogP contribution in [0.3, 0.4) is 0 Å². The summed E-state index contributed by atoms with van der Waals surface area (Å²) in [5.74, 6) is 1.53. The predicted molar refractivity (Wildman–Crippen MR) is 114 cm³/mol. The van der Waals surface area contributed by atoms with Crippen LogP contribution >= 0.6 is 0 Å². The summed E-state index contributed by atoms with van der Waals surface area (Å²) < 4.78 is 1.66. The molecule has 3 aromatic rings. The average Bonchev–Trinajstić information content (AvgIpc) is 3.13. The monoisotopic (exact) mass is 392 g/mol. The molecule has 0 radical (unpaired) electrons. The third-order valence-corrected chi connectivity index (χ3v) is 5.76. The first-order chi connectivity index (χ1) is 13.9. The van der Waals surface area contributed by atoms with Crippen molar-refractivity contribution in [3.05, 3.63) is 47.4 Å². The molecule has 1 amide bonds. The van der Waals surface area contributed by atoms with E-state index in [-0.39, 0.29) is 5.91 Å². The molecule has 7 nitrogen and oxygen atoms in total. The van der Waals surface area contributed by atoms with Crippen LogP contribution in [0.5, 0.6) is 0 Å². The highest BCUT2D eigenvalue weighted by atomic mass is 16.2. The Morgan fingerprint density at radius 2 is 1.97 bits per heavy atom. The minimum absolute atomic E-state index is 0.0357. The maximum absolute atomic E-state index is 12.5.